The summed E-state index contributed by atoms with van der Waals surface area (Å²) in [6.45, 7) is 0. The van der Waals surface area contributed by atoms with Gasteiger partial charge in [-0.3, -0.25) is 0 Å². The number of carbonyl (C=O) groups is 1. The van der Waals surface area contributed by atoms with Crippen LogP contribution < -0.4 is 0 Å². The lowest BCUT2D eigenvalue weighted by Gasteiger charge is -2.28. The van der Waals surface area contributed by atoms with Gasteiger partial charge in [0, 0.05) is 3.57 Å². The third-order valence-electron chi connectivity index (χ3n) is 2.97. The van der Waals surface area contributed by atoms with E-state index in [1.54, 1.807) is 0 Å². The molecule has 0 N–H and O–H groups in total. The zero-order chi connectivity index (χ0) is 10.8. The van der Waals surface area contributed by atoms with Crippen LogP contribution in [0.2, 0.25) is 0 Å². The second kappa shape index (κ2) is 4.51. The standard InChI is InChI=1S/C12H13IO2/c1-15-12(14)9-6-3-7-10(13)11(9)8-4-2-5-8/h3,6-8H,2,4-5H2,1H3. The van der Waals surface area contributed by atoms with E-state index in [9.17, 15) is 4.79 Å². The first-order valence-electron chi connectivity index (χ1n) is 5.10. The Morgan fingerprint density at radius 2 is 2.20 bits per heavy atom. The summed E-state index contributed by atoms with van der Waals surface area (Å²) >= 11 is 2.30. The van der Waals surface area contributed by atoms with Crippen molar-refractivity contribution in [1.29, 1.82) is 0 Å². The number of halogens is 1. The molecule has 3 heteroatoms. The maximum atomic E-state index is 11.6. The molecule has 80 valence electrons. The van der Waals surface area contributed by atoms with Crippen molar-refractivity contribution in [3.05, 3.63) is 32.9 Å². The number of methoxy groups -OCH3 is 1. The van der Waals surface area contributed by atoms with E-state index in [0.29, 0.717) is 5.92 Å². The predicted octanol–water partition coefficient (Wildman–Crippen LogP) is 3.35. The van der Waals surface area contributed by atoms with E-state index < -0.39 is 0 Å². The van der Waals surface area contributed by atoms with Crippen LogP contribution in [0.15, 0.2) is 18.2 Å². The van der Waals surface area contributed by atoms with Crippen molar-refractivity contribution in [2.75, 3.05) is 7.11 Å². The van der Waals surface area contributed by atoms with Crippen LogP contribution in [-0.4, -0.2) is 13.1 Å². The summed E-state index contributed by atoms with van der Waals surface area (Å²) in [7, 11) is 1.44. The van der Waals surface area contributed by atoms with Gasteiger partial charge in [-0.25, -0.2) is 4.79 Å². The number of carbonyl (C=O) groups excluding carboxylic acids is 1. The number of hydrogen-bond donors (Lipinski definition) is 0. The van der Waals surface area contributed by atoms with Crippen molar-refractivity contribution < 1.29 is 9.53 Å². The van der Waals surface area contributed by atoms with E-state index in [2.05, 4.69) is 28.7 Å². The van der Waals surface area contributed by atoms with Gasteiger partial charge in [0.1, 0.15) is 0 Å². The molecule has 0 saturated heterocycles. The Morgan fingerprint density at radius 3 is 2.73 bits per heavy atom. The first-order valence-corrected chi connectivity index (χ1v) is 6.18. The summed E-state index contributed by atoms with van der Waals surface area (Å²) in [5, 5.41) is 0. The van der Waals surface area contributed by atoms with Crippen LogP contribution in [0.1, 0.15) is 41.1 Å². The molecule has 2 rings (SSSR count). The highest BCUT2D eigenvalue weighted by atomic mass is 127. The normalized spacial score (nSPS) is 15.9. The Bertz CT molecular complexity index is 383. The van der Waals surface area contributed by atoms with E-state index in [1.807, 2.05) is 12.1 Å². The quantitative estimate of drug-likeness (QED) is 0.618. The van der Waals surface area contributed by atoms with E-state index >= 15 is 0 Å². The summed E-state index contributed by atoms with van der Waals surface area (Å²) in [5.41, 5.74) is 1.94. The first-order chi connectivity index (χ1) is 7.24. The van der Waals surface area contributed by atoms with Crippen molar-refractivity contribution in [2.24, 2.45) is 0 Å². The summed E-state index contributed by atoms with van der Waals surface area (Å²) in [6.07, 6.45) is 3.67. The van der Waals surface area contributed by atoms with Crippen molar-refractivity contribution >= 4 is 28.6 Å². The molecule has 1 aliphatic carbocycles. The van der Waals surface area contributed by atoms with Crippen molar-refractivity contribution in [1.82, 2.24) is 0 Å². The number of hydrogen-bond acceptors (Lipinski definition) is 2. The monoisotopic (exact) mass is 316 g/mol. The second-order valence-corrected chi connectivity index (χ2v) is 4.98. The topological polar surface area (TPSA) is 26.3 Å². The Morgan fingerprint density at radius 1 is 1.47 bits per heavy atom. The molecular formula is C12H13IO2. The fourth-order valence-corrected chi connectivity index (χ4v) is 2.88. The maximum Gasteiger partial charge on any atom is 0.338 e. The lowest BCUT2D eigenvalue weighted by atomic mass is 9.78. The van der Waals surface area contributed by atoms with Gasteiger partial charge in [0.05, 0.1) is 12.7 Å². The average molecular weight is 316 g/mol. The number of benzene rings is 1. The average Bonchev–Trinajstić information content (AvgIpc) is 2.17. The minimum absolute atomic E-state index is 0.213. The molecule has 0 heterocycles. The van der Waals surface area contributed by atoms with Crippen molar-refractivity contribution in [3.8, 4) is 0 Å². The molecule has 0 spiro atoms. The molecule has 1 aromatic rings. The van der Waals surface area contributed by atoms with Gasteiger partial charge >= 0.3 is 5.97 Å². The lowest BCUT2D eigenvalue weighted by molar-refractivity contribution is 0.0598. The number of esters is 1. The molecule has 0 aliphatic heterocycles. The zero-order valence-corrected chi connectivity index (χ0v) is 10.8. The highest BCUT2D eigenvalue weighted by Crippen LogP contribution is 2.40. The van der Waals surface area contributed by atoms with Crippen LogP contribution in [0.3, 0.4) is 0 Å². The molecule has 2 nitrogen and oxygen atoms in total. The Hall–Kier alpha value is -0.580. The van der Waals surface area contributed by atoms with E-state index in [0.717, 1.165) is 5.56 Å². The fourth-order valence-electron chi connectivity index (χ4n) is 1.94. The number of rotatable bonds is 2. The van der Waals surface area contributed by atoms with Gasteiger partial charge in [0.2, 0.25) is 0 Å². The second-order valence-electron chi connectivity index (χ2n) is 3.82. The van der Waals surface area contributed by atoms with Gasteiger partial charge in [-0.1, -0.05) is 12.5 Å². The van der Waals surface area contributed by atoms with E-state index in [4.69, 9.17) is 4.74 Å². The van der Waals surface area contributed by atoms with Gasteiger partial charge in [0.15, 0.2) is 0 Å². The van der Waals surface area contributed by atoms with Gasteiger partial charge < -0.3 is 4.74 Å². The van der Waals surface area contributed by atoms with E-state index in [-0.39, 0.29) is 5.97 Å². The van der Waals surface area contributed by atoms with Gasteiger partial charge in [-0.2, -0.15) is 0 Å². The molecule has 15 heavy (non-hydrogen) atoms. The Balaban J connectivity index is 2.43. The smallest absolute Gasteiger partial charge is 0.338 e. The third kappa shape index (κ3) is 2.02. The molecular weight excluding hydrogens is 303 g/mol. The Labute approximate surface area is 103 Å². The zero-order valence-electron chi connectivity index (χ0n) is 8.63. The van der Waals surface area contributed by atoms with Crippen LogP contribution in [0.25, 0.3) is 0 Å². The van der Waals surface area contributed by atoms with Crippen LogP contribution in [-0.2, 0) is 4.74 Å². The van der Waals surface area contributed by atoms with Gasteiger partial charge in [0.25, 0.3) is 0 Å². The summed E-state index contributed by atoms with van der Waals surface area (Å²) in [6, 6.07) is 5.83. The van der Waals surface area contributed by atoms with Crippen molar-refractivity contribution in [3.63, 3.8) is 0 Å². The third-order valence-corrected chi connectivity index (χ3v) is 3.91. The van der Waals surface area contributed by atoms with Crippen molar-refractivity contribution in [2.45, 2.75) is 25.2 Å². The summed E-state index contributed by atoms with van der Waals surface area (Å²) in [4.78, 5) is 11.6. The van der Waals surface area contributed by atoms with Gasteiger partial charge in [-0.15, -0.1) is 0 Å². The summed E-state index contributed by atoms with van der Waals surface area (Å²) in [5.74, 6) is 0.350. The maximum absolute atomic E-state index is 11.6. The molecule has 1 saturated carbocycles. The molecule has 0 radical (unpaired) electrons. The largest absolute Gasteiger partial charge is 0.465 e. The summed E-state index contributed by atoms with van der Waals surface area (Å²) < 4.78 is 5.99. The lowest BCUT2D eigenvalue weighted by Crippen LogP contribution is -2.16. The fraction of sp³-hybridized carbons (Fsp3) is 0.417. The molecule has 0 unspecified atom stereocenters. The van der Waals surface area contributed by atoms with Crippen LogP contribution in [0.5, 0.6) is 0 Å². The van der Waals surface area contributed by atoms with E-state index in [1.165, 1.54) is 35.5 Å². The molecule has 1 aromatic carbocycles. The predicted molar refractivity (Wildman–Crippen MR) is 67.1 cm³/mol. The molecule has 1 aliphatic rings. The SMILES string of the molecule is COC(=O)c1cccc(I)c1C1CCC1. The van der Waals surface area contributed by atoms with Crippen LogP contribution >= 0.6 is 22.6 Å². The highest BCUT2D eigenvalue weighted by Gasteiger charge is 2.26. The minimum Gasteiger partial charge on any atom is -0.465 e. The molecule has 1 fully saturated rings. The van der Waals surface area contributed by atoms with Crippen LogP contribution in [0, 0.1) is 3.57 Å². The first kappa shape index (κ1) is 10.9. The molecule has 0 atom stereocenters. The molecule has 0 bridgehead atoms. The molecule has 0 amide bonds. The highest BCUT2D eigenvalue weighted by molar-refractivity contribution is 14.1. The van der Waals surface area contributed by atoms with Gasteiger partial charge in [-0.05, 0) is 59.0 Å². The van der Waals surface area contributed by atoms with Crippen LogP contribution in [0.4, 0.5) is 0 Å². The minimum atomic E-state index is -0.213. The number of ether oxygens (including phenoxy) is 1. The Kier molecular flexibility index (Phi) is 3.29. The molecule has 0 aromatic heterocycles.